The summed E-state index contributed by atoms with van der Waals surface area (Å²) in [6.07, 6.45) is 0. The molecule has 3 aromatic rings. The molecule has 0 bridgehead atoms. The molecule has 0 spiro atoms. The predicted octanol–water partition coefficient (Wildman–Crippen LogP) is 4.80. The van der Waals surface area contributed by atoms with Crippen LogP contribution in [0.2, 0.25) is 0 Å². The van der Waals surface area contributed by atoms with Gasteiger partial charge in [0.15, 0.2) is 11.5 Å². The molecule has 156 valence electrons. The van der Waals surface area contributed by atoms with Gasteiger partial charge < -0.3 is 19.5 Å². The zero-order chi connectivity index (χ0) is 21.2. The summed E-state index contributed by atoms with van der Waals surface area (Å²) in [5.74, 6) is 2.76. The number of amides is 1. The maximum absolute atomic E-state index is 12.4. The van der Waals surface area contributed by atoms with Gasteiger partial charge in [0.1, 0.15) is 5.75 Å². The van der Waals surface area contributed by atoms with Gasteiger partial charge in [0, 0.05) is 22.8 Å². The second kappa shape index (κ2) is 11.2. The average molecular weight is 424 g/mol. The van der Waals surface area contributed by atoms with E-state index >= 15 is 0 Å². The van der Waals surface area contributed by atoms with E-state index in [0.29, 0.717) is 30.2 Å². The number of hydrogen-bond donors (Lipinski definition) is 1. The zero-order valence-corrected chi connectivity index (χ0v) is 17.9. The lowest BCUT2D eigenvalue weighted by molar-refractivity contribution is 0.0951. The summed E-state index contributed by atoms with van der Waals surface area (Å²) in [6.45, 7) is 0.999. The van der Waals surface area contributed by atoms with Gasteiger partial charge in [-0.2, -0.15) is 0 Å². The van der Waals surface area contributed by atoms with E-state index in [1.807, 2.05) is 48.5 Å². The Labute approximate surface area is 181 Å². The molecule has 3 rings (SSSR count). The molecule has 0 saturated heterocycles. The molecule has 0 unspecified atom stereocenters. The van der Waals surface area contributed by atoms with Crippen molar-refractivity contribution in [1.82, 2.24) is 5.32 Å². The molecule has 1 N–H and O–H groups in total. The predicted molar refractivity (Wildman–Crippen MR) is 120 cm³/mol. The van der Waals surface area contributed by atoms with Crippen molar-refractivity contribution in [3.8, 4) is 17.2 Å². The van der Waals surface area contributed by atoms with E-state index in [-0.39, 0.29) is 5.91 Å². The van der Waals surface area contributed by atoms with Crippen molar-refractivity contribution < 1.29 is 19.0 Å². The second-order valence-corrected chi connectivity index (χ2v) is 7.57. The van der Waals surface area contributed by atoms with Crippen LogP contribution >= 0.6 is 11.8 Å². The number of nitrogens with one attached hydrogen (secondary N) is 1. The van der Waals surface area contributed by atoms with E-state index in [1.54, 1.807) is 38.1 Å². The highest BCUT2D eigenvalue weighted by Gasteiger charge is 2.08. The SMILES string of the molecule is COc1ccc(CNC(=O)c2ccc(OCCSc3ccccc3)cc2)cc1OC. The first-order chi connectivity index (χ1) is 14.7. The lowest BCUT2D eigenvalue weighted by Gasteiger charge is -2.11. The number of hydrogen-bond acceptors (Lipinski definition) is 5. The number of thioether (sulfide) groups is 1. The molecule has 0 aromatic heterocycles. The van der Waals surface area contributed by atoms with E-state index in [9.17, 15) is 4.79 Å². The van der Waals surface area contributed by atoms with Crippen LogP contribution in [-0.2, 0) is 6.54 Å². The van der Waals surface area contributed by atoms with Crippen molar-refractivity contribution in [3.63, 3.8) is 0 Å². The van der Waals surface area contributed by atoms with Gasteiger partial charge >= 0.3 is 0 Å². The topological polar surface area (TPSA) is 56.8 Å². The van der Waals surface area contributed by atoms with Gasteiger partial charge in [-0.05, 0) is 54.1 Å². The van der Waals surface area contributed by atoms with E-state index in [0.717, 1.165) is 17.1 Å². The second-order valence-electron chi connectivity index (χ2n) is 6.41. The highest BCUT2D eigenvalue weighted by molar-refractivity contribution is 7.99. The monoisotopic (exact) mass is 423 g/mol. The Kier molecular flexibility index (Phi) is 8.03. The number of benzene rings is 3. The molecule has 0 saturated carbocycles. The summed E-state index contributed by atoms with van der Waals surface area (Å²) in [4.78, 5) is 13.6. The molecule has 1 amide bonds. The summed E-state index contributed by atoms with van der Waals surface area (Å²) < 4.78 is 16.3. The number of ether oxygens (including phenoxy) is 3. The van der Waals surface area contributed by atoms with Crippen molar-refractivity contribution in [2.24, 2.45) is 0 Å². The van der Waals surface area contributed by atoms with Crippen molar-refractivity contribution in [3.05, 3.63) is 83.9 Å². The minimum absolute atomic E-state index is 0.143. The lowest BCUT2D eigenvalue weighted by Crippen LogP contribution is -2.22. The maximum Gasteiger partial charge on any atom is 0.251 e. The molecule has 0 fully saturated rings. The highest BCUT2D eigenvalue weighted by Crippen LogP contribution is 2.27. The third-order valence-electron chi connectivity index (χ3n) is 4.38. The fraction of sp³-hybridized carbons (Fsp3) is 0.208. The molecule has 0 atom stereocenters. The van der Waals surface area contributed by atoms with Crippen LogP contribution in [0.5, 0.6) is 17.2 Å². The Morgan fingerprint density at radius 2 is 1.63 bits per heavy atom. The summed E-state index contributed by atoms with van der Waals surface area (Å²) in [7, 11) is 3.18. The first-order valence-corrected chi connectivity index (χ1v) is 10.6. The van der Waals surface area contributed by atoms with Gasteiger partial charge in [0.05, 0.1) is 20.8 Å². The molecule has 3 aromatic carbocycles. The first kappa shape index (κ1) is 21.6. The van der Waals surface area contributed by atoms with Crippen LogP contribution < -0.4 is 19.5 Å². The van der Waals surface area contributed by atoms with Crippen molar-refractivity contribution in [1.29, 1.82) is 0 Å². The van der Waals surface area contributed by atoms with Crippen LogP contribution in [0.3, 0.4) is 0 Å². The quantitative estimate of drug-likeness (QED) is 0.375. The standard InChI is InChI=1S/C24H25NO4S/c1-27-22-13-8-18(16-23(22)28-2)17-25-24(26)19-9-11-20(12-10-19)29-14-15-30-21-6-4-3-5-7-21/h3-13,16H,14-15,17H2,1-2H3,(H,25,26). The van der Waals surface area contributed by atoms with Gasteiger partial charge in [0.25, 0.3) is 5.91 Å². The fourth-order valence-electron chi connectivity index (χ4n) is 2.81. The molecule has 0 aliphatic heterocycles. The van der Waals surface area contributed by atoms with E-state index in [1.165, 1.54) is 4.90 Å². The van der Waals surface area contributed by atoms with Crippen molar-refractivity contribution in [2.75, 3.05) is 26.6 Å². The third kappa shape index (κ3) is 6.19. The number of carbonyl (C=O) groups excluding carboxylic acids is 1. The molecule has 30 heavy (non-hydrogen) atoms. The first-order valence-electron chi connectivity index (χ1n) is 9.59. The van der Waals surface area contributed by atoms with Crippen LogP contribution in [0.15, 0.2) is 77.7 Å². The van der Waals surface area contributed by atoms with Gasteiger partial charge in [-0.3, -0.25) is 4.79 Å². The molecular formula is C24H25NO4S. The maximum atomic E-state index is 12.4. The Hall–Kier alpha value is -3.12. The molecular weight excluding hydrogens is 398 g/mol. The average Bonchev–Trinajstić information content (AvgIpc) is 2.81. The van der Waals surface area contributed by atoms with Crippen LogP contribution in [0.1, 0.15) is 15.9 Å². The highest BCUT2D eigenvalue weighted by atomic mass is 32.2. The summed E-state index contributed by atoms with van der Waals surface area (Å²) in [5.41, 5.74) is 1.51. The van der Waals surface area contributed by atoms with Gasteiger partial charge in [-0.25, -0.2) is 0 Å². The van der Waals surface area contributed by atoms with Crippen LogP contribution in [-0.4, -0.2) is 32.5 Å². The molecule has 0 radical (unpaired) electrons. The summed E-state index contributed by atoms with van der Waals surface area (Å²) >= 11 is 1.75. The van der Waals surface area contributed by atoms with E-state index in [4.69, 9.17) is 14.2 Å². The Balaban J connectivity index is 1.45. The van der Waals surface area contributed by atoms with Crippen LogP contribution in [0.4, 0.5) is 0 Å². The molecule has 0 aliphatic rings. The van der Waals surface area contributed by atoms with Crippen molar-refractivity contribution >= 4 is 17.7 Å². The Morgan fingerprint density at radius 3 is 2.33 bits per heavy atom. The van der Waals surface area contributed by atoms with Crippen LogP contribution in [0, 0.1) is 0 Å². The summed E-state index contributed by atoms with van der Waals surface area (Å²) in [6, 6.07) is 23.0. The smallest absolute Gasteiger partial charge is 0.251 e. The van der Waals surface area contributed by atoms with E-state index < -0.39 is 0 Å². The van der Waals surface area contributed by atoms with Gasteiger partial charge in [-0.15, -0.1) is 11.8 Å². The molecule has 0 heterocycles. The van der Waals surface area contributed by atoms with Crippen LogP contribution in [0.25, 0.3) is 0 Å². The zero-order valence-electron chi connectivity index (χ0n) is 17.1. The number of rotatable bonds is 10. The fourth-order valence-corrected chi connectivity index (χ4v) is 3.57. The Morgan fingerprint density at radius 1 is 0.900 bits per heavy atom. The largest absolute Gasteiger partial charge is 0.493 e. The molecule has 6 heteroatoms. The molecule has 0 aliphatic carbocycles. The van der Waals surface area contributed by atoms with Gasteiger partial charge in [-0.1, -0.05) is 24.3 Å². The normalized spacial score (nSPS) is 10.3. The number of carbonyl (C=O) groups is 1. The minimum atomic E-state index is -0.143. The minimum Gasteiger partial charge on any atom is -0.493 e. The number of methoxy groups -OCH3 is 2. The van der Waals surface area contributed by atoms with E-state index in [2.05, 4.69) is 17.4 Å². The third-order valence-corrected chi connectivity index (χ3v) is 5.36. The van der Waals surface area contributed by atoms with Gasteiger partial charge in [0.2, 0.25) is 0 Å². The lowest BCUT2D eigenvalue weighted by atomic mass is 10.1. The van der Waals surface area contributed by atoms with Crippen molar-refractivity contribution in [2.45, 2.75) is 11.4 Å². The summed E-state index contributed by atoms with van der Waals surface area (Å²) in [5, 5.41) is 2.91. The Bertz CT molecular complexity index is 945. The molecule has 5 nitrogen and oxygen atoms in total.